The van der Waals surface area contributed by atoms with Crippen LogP contribution >= 0.6 is 22.9 Å². The maximum atomic E-state index is 11.9. The van der Waals surface area contributed by atoms with Crippen LogP contribution in [0, 0.1) is 20.8 Å². The topological polar surface area (TPSA) is 55.4 Å². The highest BCUT2D eigenvalue weighted by Crippen LogP contribution is 2.23. The molecule has 0 unspecified atom stereocenters. The number of hydrogen-bond acceptors (Lipinski definition) is 4. The number of amides is 1. The Balaban J connectivity index is 1.92. The number of halogens is 1. The number of carbonyl (C=O) groups is 2. The van der Waals surface area contributed by atoms with Gasteiger partial charge in [-0.25, -0.2) is 4.79 Å². The summed E-state index contributed by atoms with van der Waals surface area (Å²) in [6, 6.07) is 7.06. The first-order valence-electron chi connectivity index (χ1n) is 6.67. The van der Waals surface area contributed by atoms with Crippen LogP contribution in [0.2, 0.25) is 5.02 Å². The van der Waals surface area contributed by atoms with Gasteiger partial charge >= 0.3 is 5.97 Å². The highest BCUT2D eigenvalue weighted by molar-refractivity contribution is 7.12. The molecule has 0 aliphatic carbocycles. The standard InChI is InChI=1S/C16H16ClNO3S/c1-9-4-5-14(13(17)6-9)18-15(19)8-21-16(20)12-7-10(2)22-11(12)3/h4-7H,8H2,1-3H3,(H,18,19). The second-order valence-electron chi connectivity index (χ2n) is 4.93. The van der Waals surface area contributed by atoms with E-state index in [9.17, 15) is 9.59 Å². The zero-order valence-electron chi connectivity index (χ0n) is 12.5. The molecule has 1 N–H and O–H groups in total. The number of rotatable bonds is 4. The second kappa shape index (κ2) is 6.94. The van der Waals surface area contributed by atoms with E-state index in [0.29, 0.717) is 16.3 Å². The average molecular weight is 338 g/mol. The number of nitrogens with one attached hydrogen (secondary N) is 1. The summed E-state index contributed by atoms with van der Waals surface area (Å²) in [6.07, 6.45) is 0. The van der Waals surface area contributed by atoms with E-state index < -0.39 is 11.9 Å². The Morgan fingerprint density at radius 3 is 2.55 bits per heavy atom. The molecule has 0 spiro atoms. The van der Waals surface area contributed by atoms with E-state index in [1.54, 1.807) is 18.2 Å². The van der Waals surface area contributed by atoms with Crippen LogP contribution in [0.5, 0.6) is 0 Å². The van der Waals surface area contributed by atoms with Crippen LogP contribution in [0.1, 0.15) is 25.7 Å². The summed E-state index contributed by atoms with van der Waals surface area (Å²) in [4.78, 5) is 25.7. The Labute approximate surface area is 138 Å². The lowest BCUT2D eigenvalue weighted by Gasteiger charge is -2.08. The normalized spacial score (nSPS) is 10.4. The Bertz CT molecular complexity index is 724. The first-order valence-corrected chi connectivity index (χ1v) is 7.86. The van der Waals surface area contributed by atoms with Crippen LogP contribution in [0.4, 0.5) is 5.69 Å². The number of aryl methyl sites for hydroxylation is 3. The van der Waals surface area contributed by atoms with Crippen LogP contribution in [-0.4, -0.2) is 18.5 Å². The Hall–Kier alpha value is -1.85. The van der Waals surface area contributed by atoms with Crippen molar-refractivity contribution >= 4 is 40.5 Å². The van der Waals surface area contributed by atoms with Crippen molar-refractivity contribution in [1.29, 1.82) is 0 Å². The predicted octanol–water partition coefficient (Wildman–Crippen LogP) is 4.12. The van der Waals surface area contributed by atoms with Crippen molar-refractivity contribution < 1.29 is 14.3 Å². The summed E-state index contributed by atoms with van der Waals surface area (Å²) in [5, 5.41) is 3.07. The summed E-state index contributed by atoms with van der Waals surface area (Å²) in [5.41, 5.74) is 2.00. The van der Waals surface area contributed by atoms with E-state index >= 15 is 0 Å². The van der Waals surface area contributed by atoms with Crippen LogP contribution in [0.3, 0.4) is 0 Å². The first-order chi connectivity index (χ1) is 10.4. The molecule has 4 nitrogen and oxygen atoms in total. The fourth-order valence-corrected chi connectivity index (χ4v) is 3.14. The minimum Gasteiger partial charge on any atom is -0.452 e. The first kappa shape index (κ1) is 16.5. The van der Waals surface area contributed by atoms with Gasteiger partial charge in [0.25, 0.3) is 5.91 Å². The van der Waals surface area contributed by atoms with Crippen molar-refractivity contribution in [3.8, 4) is 0 Å². The van der Waals surface area contributed by atoms with Gasteiger partial charge in [-0.05, 0) is 44.5 Å². The minimum absolute atomic E-state index is 0.350. The second-order valence-corrected chi connectivity index (χ2v) is 6.80. The van der Waals surface area contributed by atoms with Crippen molar-refractivity contribution in [2.45, 2.75) is 20.8 Å². The molecule has 2 aromatic rings. The molecule has 1 aromatic carbocycles. The Kier molecular flexibility index (Phi) is 5.21. The maximum Gasteiger partial charge on any atom is 0.339 e. The highest BCUT2D eigenvalue weighted by atomic mass is 35.5. The number of thiophene rings is 1. The fourth-order valence-electron chi connectivity index (χ4n) is 1.95. The molecule has 0 bridgehead atoms. The number of carbonyl (C=O) groups excluding carboxylic acids is 2. The van der Waals surface area contributed by atoms with Crippen molar-refractivity contribution in [2.24, 2.45) is 0 Å². The number of benzene rings is 1. The minimum atomic E-state index is -0.494. The summed E-state index contributed by atoms with van der Waals surface area (Å²) in [7, 11) is 0. The molecule has 1 aromatic heterocycles. The third kappa shape index (κ3) is 4.08. The molecule has 1 heterocycles. The van der Waals surface area contributed by atoms with Gasteiger partial charge in [0.05, 0.1) is 16.3 Å². The quantitative estimate of drug-likeness (QED) is 0.854. The van der Waals surface area contributed by atoms with Crippen LogP contribution in [0.25, 0.3) is 0 Å². The molecule has 1 amide bonds. The molecule has 0 fully saturated rings. The molecule has 0 aliphatic rings. The van der Waals surface area contributed by atoms with Gasteiger partial charge < -0.3 is 10.1 Å². The molecule has 0 saturated heterocycles. The van der Waals surface area contributed by atoms with E-state index in [1.165, 1.54) is 11.3 Å². The zero-order chi connectivity index (χ0) is 16.3. The lowest BCUT2D eigenvalue weighted by Crippen LogP contribution is -2.21. The third-order valence-electron chi connectivity index (χ3n) is 2.99. The van der Waals surface area contributed by atoms with Crippen molar-refractivity contribution in [3.05, 3.63) is 50.2 Å². The van der Waals surface area contributed by atoms with Gasteiger partial charge in [0.15, 0.2) is 6.61 Å². The highest BCUT2D eigenvalue weighted by Gasteiger charge is 2.15. The van der Waals surface area contributed by atoms with Gasteiger partial charge in [0.1, 0.15) is 0 Å². The molecular weight excluding hydrogens is 322 g/mol. The third-order valence-corrected chi connectivity index (χ3v) is 4.27. The summed E-state index contributed by atoms with van der Waals surface area (Å²) in [6.45, 7) is 5.32. The molecule has 6 heteroatoms. The van der Waals surface area contributed by atoms with E-state index in [4.69, 9.17) is 16.3 Å². The summed E-state index contributed by atoms with van der Waals surface area (Å²) < 4.78 is 5.03. The molecule has 2 rings (SSSR count). The Morgan fingerprint density at radius 1 is 1.23 bits per heavy atom. The molecule has 0 saturated carbocycles. The summed E-state index contributed by atoms with van der Waals surface area (Å²) >= 11 is 7.55. The molecule has 0 radical (unpaired) electrons. The SMILES string of the molecule is Cc1ccc(NC(=O)COC(=O)c2cc(C)sc2C)c(Cl)c1. The zero-order valence-corrected chi connectivity index (χ0v) is 14.1. The van der Waals surface area contributed by atoms with Crippen molar-refractivity contribution in [1.82, 2.24) is 0 Å². The summed E-state index contributed by atoms with van der Waals surface area (Å²) in [5.74, 6) is -0.921. The monoisotopic (exact) mass is 337 g/mol. The van der Waals surface area contributed by atoms with E-state index in [1.807, 2.05) is 26.8 Å². The van der Waals surface area contributed by atoms with Crippen molar-refractivity contribution in [3.63, 3.8) is 0 Å². The molecule has 22 heavy (non-hydrogen) atoms. The number of esters is 1. The van der Waals surface area contributed by atoms with Crippen molar-refractivity contribution in [2.75, 3.05) is 11.9 Å². The van der Waals surface area contributed by atoms with Gasteiger partial charge in [0.2, 0.25) is 0 Å². The number of ether oxygens (including phenoxy) is 1. The fraction of sp³-hybridized carbons (Fsp3) is 0.250. The van der Waals surface area contributed by atoms with Gasteiger partial charge in [-0.2, -0.15) is 0 Å². The van der Waals surface area contributed by atoms with E-state index in [0.717, 1.165) is 15.3 Å². The lowest BCUT2D eigenvalue weighted by molar-refractivity contribution is -0.119. The number of anilines is 1. The van der Waals surface area contributed by atoms with Crippen LogP contribution in [-0.2, 0) is 9.53 Å². The molecule has 116 valence electrons. The molecule has 0 aliphatic heterocycles. The number of hydrogen-bond donors (Lipinski definition) is 1. The van der Waals surface area contributed by atoms with Gasteiger partial charge in [-0.1, -0.05) is 17.7 Å². The molecular formula is C16H16ClNO3S. The molecule has 0 atom stereocenters. The predicted molar refractivity (Wildman–Crippen MR) is 88.9 cm³/mol. The lowest BCUT2D eigenvalue weighted by atomic mass is 10.2. The smallest absolute Gasteiger partial charge is 0.339 e. The largest absolute Gasteiger partial charge is 0.452 e. The van der Waals surface area contributed by atoms with Crippen LogP contribution < -0.4 is 5.32 Å². The van der Waals surface area contributed by atoms with E-state index in [-0.39, 0.29) is 6.61 Å². The van der Waals surface area contributed by atoms with Crippen LogP contribution in [0.15, 0.2) is 24.3 Å². The van der Waals surface area contributed by atoms with Gasteiger partial charge in [0, 0.05) is 9.75 Å². The van der Waals surface area contributed by atoms with Gasteiger partial charge in [-0.15, -0.1) is 11.3 Å². The Morgan fingerprint density at radius 2 is 1.95 bits per heavy atom. The average Bonchev–Trinajstić information content (AvgIpc) is 2.78. The van der Waals surface area contributed by atoms with Gasteiger partial charge in [-0.3, -0.25) is 4.79 Å². The maximum absolute atomic E-state index is 11.9. The van der Waals surface area contributed by atoms with E-state index in [2.05, 4.69) is 5.32 Å².